The zero-order valence-electron chi connectivity index (χ0n) is 11.0. The molecule has 5 heteroatoms. The number of nitrogen functional groups attached to an aromatic ring is 1. The molecule has 0 bridgehead atoms. The van der Waals surface area contributed by atoms with Crippen molar-refractivity contribution in [1.29, 1.82) is 0 Å². The molecule has 0 spiro atoms. The van der Waals surface area contributed by atoms with Crippen molar-refractivity contribution in [3.8, 4) is 11.1 Å². The van der Waals surface area contributed by atoms with Crippen molar-refractivity contribution in [2.75, 3.05) is 23.7 Å². The predicted octanol–water partition coefficient (Wildman–Crippen LogP) is 3.02. The lowest BCUT2D eigenvalue weighted by Crippen LogP contribution is -2.24. The van der Waals surface area contributed by atoms with E-state index in [4.69, 9.17) is 5.73 Å². The number of pyridine rings is 1. The molecule has 3 rings (SSSR count). The van der Waals surface area contributed by atoms with Gasteiger partial charge in [-0.15, -0.1) is 0 Å². The second kappa shape index (κ2) is 5.17. The van der Waals surface area contributed by atoms with Gasteiger partial charge in [0.2, 0.25) is 0 Å². The molecule has 0 aliphatic heterocycles. The molecule has 2 N–H and O–H groups in total. The van der Waals surface area contributed by atoms with Gasteiger partial charge in [0.05, 0.1) is 5.56 Å². The summed E-state index contributed by atoms with van der Waals surface area (Å²) in [5.74, 6) is 1.47. The van der Waals surface area contributed by atoms with Crippen LogP contribution in [-0.2, 0) is 0 Å². The lowest BCUT2D eigenvalue weighted by atomic mass is 10.1. The van der Waals surface area contributed by atoms with Crippen molar-refractivity contribution in [2.24, 2.45) is 5.92 Å². The Labute approximate surface area is 117 Å². The quantitative estimate of drug-likeness (QED) is 0.910. The zero-order valence-corrected chi connectivity index (χ0v) is 11.9. The molecule has 4 nitrogen and oxygen atoms in total. The van der Waals surface area contributed by atoms with Gasteiger partial charge >= 0.3 is 0 Å². The molecule has 2 aromatic rings. The Balaban J connectivity index is 1.97. The van der Waals surface area contributed by atoms with E-state index in [-0.39, 0.29) is 0 Å². The lowest BCUT2D eigenvalue weighted by Gasteiger charge is -2.22. The van der Waals surface area contributed by atoms with E-state index in [1.165, 1.54) is 29.4 Å². The zero-order chi connectivity index (χ0) is 13.2. The summed E-state index contributed by atoms with van der Waals surface area (Å²) in [5.41, 5.74) is 8.15. The second-order valence-electron chi connectivity index (χ2n) is 4.97. The third-order valence-corrected chi connectivity index (χ3v) is 4.42. The number of aromatic nitrogens is 2. The Bertz CT molecular complexity index is 548. The Morgan fingerprint density at radius 1 is 1.47 bits per heavy atom. The molecule has 1 aliphatic carbocycles. The first-order valence-electron chi connectivity index (χ1n) is 6.70. The van der Waals surface area contributed by atoms with Crippen LogP contribution in [0.2, 0.25) is 0 Å². The standard InChI is InChI=1S/C14H18N4S/c1-2-18(9-10-5-6-10)14-12(13(15)17-19-14)11-4-3-7-16-8-11/h3-4,7-8,10H,2,5-6,9H2,1H3,(H2,15,17). The molecular formula is C14H18N4S. The maximum absolute atomic E-state index is 6.06. The number of anilines is 2. The van der Waals surface area contributed by atoms with Crippen LogP contribution in [0.15, 0.2) is 24.5 Å². The molecule has 2 aromatic heterocycles. The van der Waals surface area contributed by atoms with Crippen LogP contribution < -0.4 is 10.6 Å². The SMILES string of the molecule is CCN(CC1CC1)c1snc(N)c1-c1cccnc1. The number of rotatable bonds is 5. The summed E-state index contributed by atoms with van der Waals surface area (Å²) in [4.78, 5) is 6.58. The summed E-state index contributed by atoms with van der Waals surface area (Å²) < 4.78 is 4.34. The molecule has 1 aliphatic rings. The molecule has 0 atom stereocenters. The van der Waals surface area contributed by atoms with Gasteiger partial charge in [-0.2, -0.15) is 4.37 Å². The van der Waals surface area contributed by atoms with Gasteiger partial charge in [-0.3, -0.25) is 4.98 Å². The van der Waals surface area contributed by atoms with Crippen LogP contribution in [0.4, 0.5) is 10.8 Å². The van der Waals surface area contributed by atoms with Crippen LogP contribution in [-0.4, -0.2) is 22.4 Å². The summed E-state index contributed by atoms with van der Waals surface area (Å²) in [6, 6.07) is 3.98. The lowest BCUT2D eigenvalue weighted by molar-refractivity contribution is 0.748. The van der Waals surface area contributed by atoms with Crippen molar-refractivity contribution in [1.82, 2.24) is 9.36 Å². The number of nitrogens with zero attached hydrogens (tertiary/aromatic N) is 3. The maximum Gasteiger partial charge on any atom is 0.147 e. The van der Waals surface area contributed by atoms with E-state index in [1.54, 1.807) is 6.20 Å². The number of hydrogen-bond acceptors (Lipinski definition) is 5. The van der Waals surface area contributed by atoms with E-state index in [0.717, 1.165) is 30.1 Å². The van der Waals surface area contributed by atoms with E-state index in [9.17, 15) is 0 Å². The van der Waals surface area contributed by atoms with E-state index in [1.807, 2.05) is 18.3 Å². The fraction of sp³-hybridized carbons (Fsp3) is 0.429. The van der Waals surface area contributed by atoms with Gasteiger partial charge in [-0.25, -0.2) is 0 Å². The topological polar surface area (TPSA) is 55.0 Å². The van der Waals surface area contributed by atoms with Gasteiger partial charge in [0.1, 0.15) is 10.8 Å². The summed E-state index contributed by atoms with van der Waals surface area (Å²) in [5, 5.41) is 1.18. The third-order valence-electron chi connectivity index (χ3n) is 3.50. The van der Waals surface area contributed by atoms with E-state index >= 15 is 0 Å². The fourth-order valence-corrected chi connectivity index (χ4v) is 3.17. The first-order chi connectivity index (χ1) is 9.29. The predicted molar refractivity (Wildman–Crippen MR) is 80.4 cm³/mol. The van der Waals surface area contributed by atoms with Gasteiger partial charge < -0.3 is 10.6 Å². The average molecular weight is 274 g/mol. The molecule has 1 fully saturated rings. The van der Waals surface area contributed by atoms with Gasteiger partial charge in [0.15, 0.2) is 0 Å². The highest BCUT2D eigenvalue weighted by molar-refractivity contribution is 7.11. The van der Waals surface area contributed by atoms with Crippen molar-refractivity contribution in [3.05, 3.63) is 24.5 Å². The Morgan fingerprint density at radius 2 is 2.32 bits per heavy atom. The first kappa shape index (κ1) is 12.4. The molecule has 0 amide bonds. The largest absolute Gasteiger partial charge is 0.382 e. The van der Waals surface area contributed by atoms with Crippen LogP contribution in [0, 0.1) is 5.92 Å². The Kier molecular flexibility index (Phi) is 3.38. The normalized spacial score (nSPS) is 14.6. The van der Waals surface area contributed by atoms with E-state index < -0.39 is 0 Å². The molecule has 0 unspecified atom stereocenters. The average Bonchev–Trinajstić information content (AvgIpc) is 3.18. The Hall–Kier alpha value is -1.62. The monoisotopic (exact) mass is 274 g/mol. The van der Waals surface area contributed by atoms with Crippen molar-refractivity contribution >= 4 is 22.4 Å². The highest BCUT2D eigenvalue weighted by Crippen LogP contribution is 2.41. The summed E-state index contributed by atoms with van der Waals surface area (Å²) >= 11 is 1.50. The molecule has 0 saturated heterocycles. The third kappa shape index (κ3) is 2.56. The summed E-state index contributed by atoms with van der Waals surface area (Å²) in [6.07, 6.45) is 6.34. The van der Waals surface area contributed by atoms with Crippen LogP contribution in [0.3, 0.4) is 0 Å². The van der Waals surface area contributed by atoms with Gasteiger partial charge in [0.25, 0.3) is 0 Å². The first-order valence-corrected chi connectivity index (χ1v) is 7.47. The van der Waals surface area contributed by atoms with Gasteiger partial charge in [0, 0.05) is 31.0 Å². The van der Waals surface area contributed by atoms with Gasteiger partial charge in [-0.1, -0.05) is 6.07 Å². The van der Waals surface area contributed by atoms with E-state index in [0.29, 0.717) is 5.82 Å². The molecule has 0 radical (unpaired) electrons. The summed E-state index contributed by atoms with van der Waals surface area (Å²) in [6.45, 7) is 4.29. The van der Waals surface area contributed by atoms with Crippen molar-refractivity contribution in [2.45, 2.75) is 19.8 Å². The molecule has 0 aromatic carbocycles. The van der Waals surface area contributed by atoms with Crippen LogP contribution in [0.25, 0.3) is 11.1 Å². The number of hydrogen-bond donors (Lipinski definition) is 1. The van der Waals surface area contributed by atoms with Crippen molar-refractivity contribution in [3.63, 3.8) is 0 Å². The molecule has 100 valence electrons. The smallest absolute Gasteiger partial charge is 0.147 e. The van der Waals surface area contributed by atoms with E-state index in [2.05, 4.69) is 21.2 Å². The van der Waals surface area contributed by atoms with Gasteiger partial charge in [-0.05, 0) is 43.3 Å². The van der Waals surface area contributed by atoms with Crippen molar-refractivity contribution < 1.29 is 0 Å². The van der Waals surface area contributed by atoms with Crippen LogP contribution >= 0.6 is 11.5 Å². The molecule has 19 heavy (non-hydrogen) atoms. The summed E-state index contributed by atoms with van der Waals surface area (Å²) in [7, 11) is 0. The Morgan fingerprint density at radius 3 is 2.95 bits per heavy atom. The maximum atomic E-state index is 6.06. The molecule has 1 saturated carbocycles. The minimum Gasteiger partial charge on any atom is -0.382 e. The van der Waals surface area contributed by atoms with Crippen LogP contribution in [0.5, 0.6) is 0 Å². The minimum atomic E-state index is 0.613. The molecule has 2 heterocycles. The fourth-order valence-electron chi connectivity index (χ4n) is 2.26. The number of nitrogens with two attached hydrogens (primary N) is 1. The highest BCUT2D eigenvalue weighted by atomic mass is 32.1. The highest BCUT2D eigenvalue weighted by Gasteiger charge is 2.26. The second-order valence-corrected chi connectivity index (χ2v) is 5.72. The van der Waals surface area contributed by atoms with Crippen LogP contribution in [0.1, 0.15) is 19.8 Å². The minimum absolute atomic E-state index is 0.613. The molecular weight excluding hydrogens is 256 g/mol.